The molecule has 1 aliphatic rings. The monoisotopic (exact) mass is 392 g/mol. The number of hydrogen-bond acceptors (Lipinski definition) is 3. The van der Waals surface area contributed by atoms with Gasteiger partial charge in [0.1, 0.15) is 0 Å². The SMILES string of the molecule is O=C1c2ccccc2[C@@](O)(c2ccccc2)N1c1ccc(Cc2ccncc2)cc1. The number of fused-ring (bicyclic) bond motifs is 1. The molecule has 0 spiro atoms. The fourth-order valence-corrected chi connectivity index (χ4v) is 4.12. The number of rotatable bonds is 4. The molecule has 1 atom stereocenters. The normalized spacial score (nSPS) is 17.8. The van der Waals surface area contributed by atoms with E-state index in [1.54, 1.807) is 18.5 Å². The van der Waals surface area contributed by atoms with Crippen molar-refractivity contribution in [1.82, 2.24) is 4.98 Å². The topological polar surface area (TPSA) is 53.4 Å². The zero-order valence-corrected chi connectivity index (χ0v) is 16.3. The van der Waals surface area contributed by atoms with Crippen molar-refractivity contribution >= 4 is 11.6 Å². The quantitative estimate of drug-likeness (QED) is 0.555. The molecule has 30 heavy (non-hydrogen) atoms. The van der Waals surface area contributed by atoms with Gasteiger partial charge in [-0.2, -0.15) is 0 Å². The molecule has 0 fully saturated rings. The maximum atomic E-state index is 13.3. The molecule has 2 heterocycles. The van der Waals surface area contributed by atoms with Crippen molar-refractivity contribution in [1.29, 1.82) is 0 Å². The van der Waals surface area contributed by atoms with Gasteiger partial charge in [-0.25, -0.2) is 0 Å². The number of aliphatic hydroxyl groups is 1. The molecule has 0 aliphatic carbocycles. The first-order valence-electron chi connectivity index (χ1n) is 9.88. The van der Waals surface area contributed by atoms with E-state index in [0.717, 1.165) is 12.0 Å². The Morgan fingerprint density at radius 1 is 0.767 bits per heavy atom. The van der Waals surface area contributed by atoms with Crippen LogP contribution in [0.15, 0.2) is 103 Å². The lowest BCUT2D eigenvalue weighted by Crippen LogP contribution is -2.45. The van der Waals surface area contributed by atoms with Crippen molar-refractivity contribution < 1.29 is 9.90 Å². The van der Waals surface area contributed by atoms with Gasteiger partial charge in [0.05, 0.1) is 0 Å². The highest BCUT2D eigenvalue weighted by Crippen LogP contribution is 2.44. The number of hydrogen-bond donors (Lipinski definition) is 1. The van der Waals surface area contributed by atoms with Crippen molar-refractivity contribution in [3.63, 3.8) is 0 Å². The highest BCUT2D eigenvalue weighted by atomic mass is 16.3. The van der Waals surface area contributed by atoms with Gasteiger partial charge in [0.25, 0.3) is 5.91 Å². The van der Waals surface area contributed by atoms with E-state index in [1.165, 1.54) is 10.5 Å². The molecule has 4 aromatic rings. The summed E-state index contributed by atoms with van der Waals surface area (Å²) in [5.41, 5.74) is 3.17. The maximum Gasteiger partial charge on any atom is 0.261 e. The van der Waals surface area contributed by atoms with Gasteiger partial charge in [0, 0.05) is 34.8 Å². The Morgan fingerprint density at radius 3 is 2.13 bits per heavy atom. The number of aromatic nitrogens is 1. The highest BCUT2D eigenvalue weighted by molar-refractivity contribution is 6.12. The Kier molecular flexibility index (Phi) is 4.42. The fourth-order valence-electron chi connectivity index (χ4n) is 4.12. The lowest BCUT2D eigenvalue weighted by Gasteiger charge is -2.35. The van der Waals surface area contributed by atoms with Gasteiger partial charge in [0.2, 0.25) is 0 Å². The third kappa shape index (κ3) is 2.90. The van der Waals surface area contributed by atoms with Crippen LogP contribution in [0.5, 0.6) is 0 Å². The molecule has 1 aromatic heterocycles. The summed E-state index contributed by atoms with van der Waals surface area (Å²) >= 11 is 0. The minimum absolute atomic E-state index is 0.209. The van der Waals surface area contributed by atoms with Gasteiger partial charge >= 0.3 is 0 Å². The van der Waals surface area contributed by atoms with Crippen LogP contribution in [0.1, 0.15) is 32.6 Å². The van der Waals surface area contributed by atoms with Crippen molar-refractivity contribution in [2.75, 3.05) is 4.90 Å². The minimum atomic E-state index is -1.55. The molecule has 3 aromatic carbocycles. The fraction of sp³-hybridized carbons (Fsp3) is 0.0769. The van der Waals surface area contributed by atoms with E-state index in [2.05, 4.69) is 4.98 Å². The molecule has 0 saturated heterocycles. The van der Waals surface area contributed by atoms with E-state index in [9.17, 15) is 9.90 Å². The zero-order chi connectivity index (χ0) is 20.6. The third-order valence-corrected chi connectivity index (χ3v) is 5.59. The summed E-state index contributed by atoms with van der Waals surface area (Å²) in [6.07, 6.45) is 4.34. The Labute approximate surface area is 175 Å². The second-order valence-electron chi connectivity index (χ2n) is 7.42. The van der Waals surface area contributed by atoms with Crippen LogP contribution in [0.3, 0.4) is 0 Å². The summed E-state index contributed by atoms with van der Waals surface area (Å²) in [7, 11) is 0. The van der Waals surface area contributed by atoms with Crippen LogP contribution in [0, 0.1) is 0 Å². The number of carbonyl (C=O) groups excluding carboxylic acids is 1. The van der Waals surface area contributed by atoms with Gasteiger partial charge < -0.3 is 5.11 Å². The van der Waals surface area contributed by atoms with Crippen molar-refractivity contribution in [2.45, 2.75) is 12.1 Å². The largest absolute Gasteiger partial charge is 0.363 e. The van der Waals surface area contributed by atoms with E-state index >= 15 is 0 Å². The van der Waals surface area contributed by atoms with E-state index < -0.39 is 5.72 Å². The van der Waals surface area contributed by atoms with Gasteiger partial charge in [-0.3, -0.25) is 14.7 Å². The molecule has 0 bridgehead atoms. The second-order valence-corrected chi connectivity index (χ2v) is 7.42. The molecule has 0 radical (unpaired) electrons. The number of anilines is 1. The molecule has 0 saturated carbocycles. The van der Waals surface area contributed by atoms with Gasteiger partial charge in [-0.15, -0.1) is 0 Å². The minimum Gasteiger partial charge on any atom is -0.363 e. The summed E-state index contributed by atoms with van der Waals surface area (Å²) in [6, 6.07) is 28.4. The Bertz CT molecular complexity index is 1190. The molecule has 1 aliphatic heterocycles. The van der Waals surface area contributed by atoms with E-state index in [-0.39, 0.29) is 5.91 Å². The predicted molar refractivity (Wildman–Crippen MR) is 116 cm³/mol. The number of pyridine rings is 1. The first-order chi connectivity index (χ1) is 14.7. The Balaban J connectivity index is 1.56. The molecule has 0 unspecified atom stereocenters. The molecule has 1 N–H and O–H groups in total. The van der Waals surface area contributed by atoms with E-state index in [4.69, 9.17) is 0 Å². The first kappa shape index (κ1) is 18.3. The average molecular weight is 392 g/mol. The van der Waals surface area contributed by atoms with Crippen LogP contribution in [0.2, 0.25) is 0 Å². The Hall–Kier alpha value is -3.76. The van der Waals surface area contributed by atoms with Crippen LogP contribution >= 0.6 is 0 Å². The lowest BCUT2D eigenvalue weighted by atomic mass is 9.93. The molecular weight excluding hydrogens is 372 g/mol. The molecule has 4 nitrogen and oxygen atoms in total. The molecule has 146 valence electrons. The smallest absolute Gasteiger partial charge is 0.261 e. The van der Waals surface area contributed by atoms with Crippen molar-refractivity contribution in [2.24, 2.45) is 0 Å². The first-order valence-corrected chi connectivity index (χ1v) is 9.88. The standard InChI is InChI=1S/C26H20N2O2/c29-25-23-8-4-5-9-24(23)26(30,21-6-2-1-3-7-21)28(25)22-12-10-19(11-13-22)18-20-14-16-27-17-15-20/h1-17,30H,18H2/t26-/m0/s1. The summed E-state index contributed by atoms with van der Waals surface area (Å²) in [6.45, 7) is 0. The second kappa shape index (κ2) is 7.25. The van der Waals surface area contributed by atoms with Crippen molar-refractivity contribution in [3.05, 3.63) is 131 Å². The van der Waals surface area contributed by atoms with Crippen LogP contribution in [-0.2, 0) is 12.1 Å². The van der Waals surface area contributed by atoms with Crippen LogP contribution in [0.25, 0.3) is 0 Å². The lowest BCUT2D eigenvalue weighted by molar-refractivity contribution is 0.0703. The maximum absolute atomic E-state index is 13.3. The van der Waals surface area contributed by atoms with Crippen molar-refractivity contribution in [3.8, 4) is 0 Å². The molecule has 1 amide bonds. The summed E-state index contributed by atoms with van der Waals surface area (Å²) in [5.74, 6) is -0.209. The van der Waals surface area contributed by atoms with Crippen LogP contribution < -0.4 is 4.90 Å². The van der Waals surface area contributed by atoms with E-state index in [0.29, 0.717) is 22.4 Å². The molecule has 5 rings (SSSR count). The van der Waals surface area contributed by atoms with E-state index in [1.807, 2.05) is 84.9 Å². The average Bonchev–Trinajstić information content (AvgIpc) is 3.04. The summed E-state index contributed by atoms with van der Waals surface area (Å²) < 4.78 is 0. The van der Waals surface area contributed by atoms with Gasteiger partial charge in [-0.1, -0.05) is 60.7 Å². The predicted octanol–water partition coefficient (Wildman–Crippen LogP) is 4.53. The number of benzene rings is 3. The van der Waals surface area contributed by atoms with Crippen LogP contribution in [0.4, 0.5) is 5.69 Å². The highest BCUT2D eigenvalue weighted by Gasteiger charge is 2.50. The summed E-state index contributed by atoms with van der Waals surface area (Å²) in [5, 5.41) is 11.9. The molecule has 4 heteroatoms. The Morgan fingerprint density at radius 2 is 1.40 bits per heavy atom. The number of carbonyl (C=O) groups is 1. The molecular formula is C26H20N2O2. The summed E-state index contributed by atoms with van der Waals surface area (Å²) in [4.78, 5) is 18.9. The zero-order valence-electron chi connectivity index (χ0n) is 16.3. The third-order valence-electron chi connectivity index (χ3n) is 5.59. The van der Waals surface area contributed by atoms with Crippen LogP contribution in [-0.4, -0.2) is 16.0 Å². The van der Waals surface area contributed by atoms with Gasteiger partial charge in [-0.05, 0) is 47.9 Å². The number of amides is 1. The number of nitrogens with zero attached hydrogens (tertiary/aromatic N) is 2. The van der Waals surface area contributed by atoms with Gasteiger partial charge in [0.15, 0.2) is 5.72 Å².